The monoisotopic (exact) mass is 274 g/mol. The zero-order valence-corrected chi connectivity index (χ0v) is 13.4. The van der Waals surface area contributed by atoms with Crippen molar-refractivity contribution in [3.05, 3.63) is 35.4 Å². The van der Waals surface area contributed by atoms with Crippen LogP contribution in [0.25, 0.3) is 0 Å². The molecule has 1 aliphatic rings. The van der Waals surface area contributed by atoms with Crippen molar-refractivity contribution in [2.45, 2.75) is 58.5 Å². The smallest absolute Gasteiger partial charge is 0.0318 e. The second-order valence-electron chi connectivity index (χ2n) is 5.87. The predicted molar refractivity (Wildman–Crippen MR) is 87.1 cm³/mol. The van der Waals surface area contributed by atoms with Gasteiger partial charge in [0.05, 0.1) is 0 Å². The summed E-state index contributed by atoms with van der Waals surface area (Å²) in [5, 5.41) is 3.73. The van der Waals surface area contributed by atoms with Crippen LogP contribution < -0.4 is 5.32 Å². The molecule has 0 bridgehead atoms. The molecular formula is C18H30N2. The number of aryl methyl sites for hydroxylation is 1. The first kappa shape index (κ1) is 15.5. The number of likely N-dealkylation sites (N-methyl/N-ethyl adjacent to an activating group) is 1. The molecule has 0 saturated heterocycles. The first-order valence-corrected chi connectivity index (χ1v) is 8.34. The maximum atomic E-state index is 3.73. The van der Waals surface area contributed by atoms with Gasteiger partial charge in [0.25, 0.3) is 0 Å². The van der Waals surface area contributed by atoms with E-state index in [0.29, 0.717) is 6.04 Å². The van der Waals surface area contributed by atoms with E-state index in [2.05, 4.69) is 55.3 Å². The lowest BCUT2D eigenvalue weighted by Gasteiger charge is -2.23. The summed E-state index contributed by atoms with van der Waals surface area (Å²) in [6.07, 6.45) is 5.09. The Balaban J connectivity index is 1.81. The van der Waals surface area contributed by atoms with Crippen molar-refractivity contribution in [2.24, 2.45) is 0 Å². The molecule has 1 N–H and O–H groups in total. The highest BCUT2D eigenvalue weighted by atomic mass is 15.2. The highest BCUT2D eigenvalue weighted by molar-refractivity contribution is 5.25. The van der Waals surface area contributed by atoms with Crippen molar-refractivity contribution in [1.82, 2.24) is 10.2 Å². The maximum Gasteiger partial charge on any atom is 0.0318 e. The van der Waals surface area contributed by atoms with Crippen molar-refractivity contribution in [3.8, 4) is 0 Å². The van der Waals surface area contributed by atoms with Gasteiger partial charge in [-0.15, -0.1) is 0 Å². The van der Waals surface area contributed by atoms with Gasteiger partial charge in [0.2, 0.25) is 0 Å². The Kier molecular flexibility index (Phi) is 6.06. The zero-order valence-electron chi connectivity index (χ0n) is 13.4. The SMILES string of the molecule is CCc1ccc(C(CC)NCCN(CC)C2CC2)cc1. The molecule has 0 spiro atoms. The third-order valence-electron chi connectivity index (χ3n) is 4.46. The Morgan fingerprint density at radius 3 is 2.35 bits per heavy atom. The number of nitrogens with zero attached hydrogens (tertiary/aromatic N) is 1. The van der Waals surface area contributed by atoms with E-state index in [1.165, 1.54) is 37.1 Å². The molecule has 1 saturated carbocycles. The number of nitrogens with one attached hydrogen (secondary N) is 1. The summed E-state index contributed by atoms with van der Waals surface area (Å²) in [5.41, 5.74) is 2.86. The minimum absolute atomic E-state index is 0.499. The summed E-state index contributed by atoms with van der Waals surface area (Å²) >= 11 is 0. The third kappa shape index (κ3) is 4.32. The van der Waals surface area contributed by atoms with Crippen molar-refractivity contribution >= 4 is 0 Å². The summed E-state index contributed by atoms with van der Waals surface area (Å²) in [7, 11) is 0. The van der Waals surface area contributed by atoms with Gasteiger partial charge in [0.15, 0.2) is 0 Å². The fraction of sp³-hybridized carbons (Fsp3) is 0.667. The predicted octanol–water partition coefficient (Wildman–Crippen LogP) is 3.77. The van der Waals surface area contributed by atoms with Crippen LogP contribution in [0.2, 0.25) is 0 Å². The highest BCUT2D eigenvalue weighted by Crippen LogP contribution is 2.26. The fourth-order valence-electron chi connectivity index (χ4n) is 2.90. The van der Waals surface area contributed by atoms with Gasteiger partial charge in [-0.1, -0.05) is 45.0 Å². The molecule has 1 aromatic rings. The lowest BCUT2D eigenvalue weighted by molar-refractivity contribution is 0.271. The van der Waals surface area contributed by atoms with Gasteiger partial charge in [-0.2, -0.15) is 0 Å². The summed E-state index contributed by atoms with van der Waals surface area (Å²) in [6, 6.07) is 10.5. The van der Waals surface area contributed by atoms with Crippen LogP contribution >= 0.6 is 0 Å². The Bertz CT molecular complexity index is 381. The molecule has 0 radical (unpaired) electrons. The molecule has 0 aromatic heterocycles. The minimum atomic E-state index is 0.499. The van der Waals surface area contributed by atoms with Crippen LogP contribution in [0.15, 0.2) is 24.3 Å². The summed E-state index contributed by atoms with van der Waals surface area (Å²) < 4.78 is 0. The molecular weight excluding hydrogens is 244 g/mol. The van der Waals surface area contributed by atoms with E-state index in [4.69, 9.17) is 0 Å². The minimum Gasteiger partial charge on any atom is -0.309 e. The van der Waals surface area contributed by atoms with E-state index >= 15 is 0 Å². The van der Waals surface area contributed by atoms with Crippen molar-refractivity contribution in [1.29, 1.82) is 0 Å². The van der Waals surface area contributed by atoms with Crippen LogP contribution in [-0.4, -0.2) is 30.6 Å². The fourth-order valence-corrected chi connectivity index (χ4v) is 2.90. The molecule has 1 fully saturated rings. The molecule has 0 heterocycles. The average molecular weight is 274 g/mol. The number of benzene rings is 1. The third-order valence-corrected chi connectivity index (χ3v) is 4.46. The highest BCUT2D eigenvalue weighted by Gasteiger charge is 2.27. The summed E-state index contributed by atoms with van der Waals surface area (Å²) in [5.74, 6) is 0. The normalized spacial score (nSPS) is 16.6. The second-order valence-corrected chi connectivity index (χ2v) is 5.87. The van der Waals surface area contributed by atoms with Gasteiger partial charge in [-0.25, -0.2) is 0 Å². The van der Waals surface area contributed by atoms with E-state index < -0.39 is 0 Å². The van der Waals surface area contributed by atoms with Crippen molar-refractivity contribution in [2.75, 3.05) is 19.6 Å². The number of hydrogen-bond acceptors (Lipinski definition) is 2. The molecule has 2 nitrogen and oxygen atoms in total. The molecule has 112 valence electrons. The van der Waals surface area contributed by atoms with Crippen LogP contribution in [0.4, 0.5) is 0 Å². The maximum absolute atomic E-state index is 3.73. The standard InChI is InChI=1S/C18H30N2/c1-4-15-7-9-16(10-8-15)18(5-2)19-13-14-20(6-3)17-11-12-17/h7-10,17-19H,4-6,11-14H2,1-3H3. The topological polar surface area (TPSA) is 15.3 Å². The Morgan fingerprint density at radius 2 is 1.85 bits per heavy atom. The first-order valence-electron chi connectivity index (χ1n) is 8.34. The Hall–Kier alpha value is -0.860. The van der Waals surface area contributed by atoms with E-state index in [1.54, 1.807) is 0 Å². The summed E-state index contributed by atoms with van der Waals surface area (Å²) in [4.78, 5) is 2.61. The van der Waals surface area contributed by atoms with Gasteiger partial charge in [0.1, 0.15) is 0 Å². The average Bonchev–Trinajstić information content (AvgIpc) is 3.32. The van der Waals surface area contributed by atoms with Crippen LogP contribution in [0, 0.1) is 0 Å². The molecule has 0 amide bonds. The summed E-state index contributed by atoms with van der Waals surface area (Å²) in [6.45, 7) is 10.2. The van der Waals surface area contributed by atoms with Crippen LogP contribution in [0.3, 0.4) is 0 Å². The Morgan fingerprint density at radius 1 is 1.15 bits per heavy atom. The molecule has 2 heteroatoms. The second kappa shape index (κ2) is 7.80. The van der Waals surface area contributed by atoms with E-state index in [1.807, 2.05) is 0 Å². The van der Waals surface area contributed by atoms with Gasteiger partial charge in [-0.3, -0.25) is 4.90 Å². The molecule has 2 rings (SSSR count). The van der Waals surface area contributed by atoms with Gasteiger partial charge >= 0.3 is 0 Å². The Labute approximate surface area is 124 Å². The van der Waals surface area contributed by atoms with Crippen molar-refractivity contribution in [3.63, 3.8) is 0 Å². The number of rotatable bonds is 9. The van der Waals surface area contributed by atoms with E-state index in [0.717, 1.165) is 25.4 Å². The van der Waals surface area contributed by atoms with Crippen LogP contribution in [-0.2, 0) is 6.42 Å². The largest absolute Gasteiger partial charge is 0.309 e. The van der Waals surface area contributed by atoms with Gasteiger partial charge in [-0.05, 0) is 43.4 Å². The van der Waals surface area contributed by atoms with Crippen molar-refractivity contribution < 1.29 is 0 Å². The molecule has 1 atom stereocenters. The van der Waals surface area contributed by atoms with Gasteiger partial charge < -0.3 is 5.32 Å². The molecule has 1 aromatic carbocycles. The lowest BCUT2D eigenvalue weighted by atomic mass is 10.0. The molecule has 0 aliphatic heterocycles. The van der Waals surface area contributed by atoms with E-state index in [-0.39, 0.29) is 0 Å². The number of hydrogen-bond donors (Lipinski definition) is 1. The van der Waals surface area contributed by atoms with Gasteiger partial charge in [0, 0.05) is 25.2 Å². The van der Waals surface area contributed by atoms with Crippen LogP contribution in [0.5, 0.6) is 0 Å². The zero-order chi connectivity index (χ0) is 14.4. The van der Waals surface area contributed by atoms with E-state index in [9.17, 15) is 0 Å². The quantitative estimate of drug-likeness (QED) is 0.737. The van der Waals surface area contributed by atoms with Crippen LogP contribution in [0.1, 0.15) is 57.2 Å². The molecule has 20 heavy (non-hydrogen) atoms. The molecule has 1 unspecified atom stereocenters. The molecule has 1 aliphatic carbocycles. The lowest BCUT2D eigenvalue weighted by Crippen LogP contribution is -2.35. The first-order chi connectivity index (χ1) is 9.78.